The molecule has 21 heavy (non-hydrogen) atoms. The van der Waals surface area contributed by atoms with E-state index in [9.17, 15) is 9.59 Å². The number of aryl methyl sites for hydroxylation is 1. The van der Waals surface area contributed by atoms with E-state index in [0.29, 0.717) is 12.8 Å². The van der Waals surface area contributed by atoms with Gasteiger partial charge in [-0.1, -0.05) is 19.9 Å². The van der Waals surface area contributed by atoms with Gasteiger partial charge >= 0.3 is 12.1 Å². The molecule has 0 saturated heterocycles. The van der Waals surface area contributed by atoms with Crippen LogP contribution in [0.15, 0.2) is 18.2 Å². The molecule has 1 amide bonds. The fourth-order valence-electron chi connectivity index (χ4n) is 1.86. The molecule has 0 spiro atoms. The van der Waals surface area contributed by atoms with Crippen LogP contribution in [0.1, 0.15) is 31.7 Å². The number of carboxylic acids is 1. The van der Waals surface area contributed by atoms with Gasteiger partial charge in [0.1, 0.15) is 6.04 Å². The molecule has 0 radical (unpaired) electrons. The highest BCUT2D eigenvalue weighted by molar-refractivity contribution is 5.79. The minimum Gasteiger partial charge on any atom is -0.480 e. The molecule has 0 aliphatic carbocycles. The molecule has 6 nitrogen and oxygen atoms in total. The number of ether oxygens (including phenoxy) is 1. The topological polar surface area (TPSA) is 88.5 Å². The first-order chi connectivity index (χ1) is 9.88. The molecular weight excluding hydrogens is 272 g/mol. The minimum atomic E-state index is -1.05. The van der Waals surface area contributed by atoms with Crippen molar-refractivity contribution in [2.45, 2.75) is 39.7 Å². The number of hydrogen-bond donors (Lipinski definition) is 2. The summed E-state index contributed by atoms with van der Waals surface area (Å²) >= 11 is 0. The summed E-state index contributed by atoms with van der Waals surface area (Å²) in [5.41, 5.74) is 1.74. The summed E-state index contributed by atoms with van der Waals surface area (Å²) in [6.45, 7) is 5.84. The van der Waals surface area contributed by atoms with Crippen molar-refractivity contribution >= 4 is 12.1 Å². The first-order valence-corrected chi connectivity index (χ1v) is 6.97. The number of carbonyl (C=O) groups excluding carboxylic acids is 1. The van der Waals surface area contributed by atoms with Crippen molar-refractivity contribution in [3.05, 3.63) is 29.6 Å². The maximum Gasteiger partial charge on any atom is 0.407 e. The van der Waals surface area contributed by atoms with Gasteiger partial charge in [0.05, 0.1) is 6.61 Å². The lowest BCUT2D eigenvalue weighted by Crippen LogP contribution is -2.42. The van der Waals surface area contributed by atoms with Crippen molar-refractivity contribution in [2.24, 2.45) is 5.92 Å². The lowest BCUT2D eigenvalue weighted by Gasteiger charge is -2.16. The molecular formula is C15H22N2O4. The van der Waals surface area contributed by atoms with Gasteiger partial charge in [-0.15, -0.1) is 0 Å². The zero-order valence-electron chi connectivity index (χ0n) is 12.6. The smallest absolute Gasteiger partial charge is 0.407 e. The van der Waals surface area contributed by atoms with Crippen LogP contribution < -0.4 is 5.32 Å². The minimum absolute atomic E-state index is 0.163. The lowest BCUT2D eigenvalue weighted by atomic mass is 10.0. The van der Waals surface area contributed by atoms with Crippen LogP contribution in [0.5, 0.6) is 0 Å². The van der Waals surface area contributed by atoms with Gasteiger partial charge in [-0.05, 0) is 31.4 Å². The number of nitrogens with zero attached hydrogens (tertiary/aromatic N) is 1. The second-order valence-electron chi connectivity index (χ2n) is 5.32. The normalized spacial score (nSPS) is 12.0. The van der Waals surface area contributed by atoms with E-state index < -0.39 is 18.1 Å². The van der Waals surface area contributed by atoms with Crippen molar-refractivity contribution in [3.8, 4) is 0 Å². The molecule has 6 heteroatoms. The molecule has 1 aromatic heterocycles. The van der Waals surface area contributed by atoms with Gasteiger partial charge in [-0.25, -0.2) is 9.59 Å². The Kier molecular flexibility index (Phi) is 6.65. The van der Waals surface area contributed by atoms with Gasteiger partial charge in [-0.2, -0.15) is 0 Å². The standard InChI is InChI=1S/C15H22N2O4/c1-10(2)9-13(14(18)19)17-15(20)21-8-7-12-6-4-5-11(3)16-12/h4-6,10,13H,7-9H2,1-3H3,(H,17,20)(H,18,19)/t13-/m0/s1. The van der Waals surface area contributed by atoms with Crippen LogP contribution in [0.2, 0.25) is 0 Å². The second-order valence-corrected chi connectivity index (χ2v) is 5.32. The molecule has 0 fully saturated rings. The first-order valence-electron chi connectivity index (χ1n) is 6.97. The largest absolute Gasteiger partial charge is 0.480 e. The number of alkyl carbamates (subject to hydrolysis) is 1. The Morgan fingerprint density at radius 2 is 2.10 bits per heavy atom. The highest BCUT2D eigenvalue weighted by Crippen LogP contribution is 2.05. The molecule has 0 aromatic carbocycles. The molecule has 0 bridgehead atoms. The van der Waals surface area contributed by atoms with Crippen LogP contribution in [-0.2, 0) is 16.0 Å². The van der Waals surface area contributed by atoms with Crippen LogP contribution in [0.25, 0.3) is 0 Å². The predicted octanol–water partition coefficient (Wildman–Crippen LogP) is 2.16. The summed E-state index contributed by atoms with van der Waals surface area (Å²) < 4.78 is 4.99. The van der Waals surface area contributed by atoms with Crippen molar-refractivity contribution < 1.29 is 19.4 Å². The summed E-state index contributed by atoms with van der Waals surface area (Å²) in [6, 6.07) is 4.71. The molecule has 0 saturated carbocycles. The molecule has 0 unspecified atom stereocenters. The van der Waals surface area contributed by atoms with E-state index >= 15 is 0 Å². The van der Waals surface area contributed by atoms with E-state index in [1.807, 2.05) is 39.0 Å². The third-order valence-corrected chi connectivity index (χ3v) is 2.83. The highest BCUT2D eigenvalue weighted by Gasteiger charge is 2.21. The van der Waals surface area contributed by atoms with E-state index in [4.69, 9.17) is 9.84 Å². The van der Waals surface area contributed by atoms with Gasteiger partial charge in [0.2, 0.25) is 0 Å². The quantitative estimate of drug-likeness (QED) is 0.804. The molecule has 0 aliphatic rings. The number of pyridine rings is 1. The average Bonchev–Trinajstić information content (AvgIpc) is 2.37. The predicted molar refractivity (Wildman–Crippen MR) is 78.0 cm³/mol. The summed E-state index contributed by atoms with van der Waals surface area (Å²) in [7, 11) is 0. The third kappa shape index (κ3) is 6.74. The molecule has 1 rings (SSSR count). The van der Waals surface area contributed by atoms with Crippen molar-refractivity contribution in [1.82, 2.24) is 10.3 Å². The van der Waals surface area contributed by atoms with Crippen LogP contribution >= 0.6 is 0 Å². The van der Waals surface area contributed by atoms with Gasteiger partial charge in [0.15, 0.2) is 0 Å². The lowest BCUT2D eigenvalue weighted by molar-refractivity contribution is -0.139. The number of aromatic nitrogens is 1. The van der Waals surface area contributed by atoms with Crippen LogP contribution in [0.3, 0.4) is 0 Å². The van der Waals surface area contributed by atoms with Crippen molar-refractivity contribution in [1.29, 1.82) is 0 Å². The Labute approximate surface area is 124 Å². The van der Waals surface area contributed by atoms with E-state index in [1.165, 1.54) is 0 Å². The first kappa shape index (κ1) is 16.9. The molecule has 116 valence electrons. The summed E-state index contributed by atoms with van der Waals surface area (Å²) in [5.74, 6) is -0.885. The number of carbonyl (C=O) groups is 2. The Bertz CT molecular complexity index is 488. The number of carboxylic acid groups (broad SMARTS) is 1. The Balaban J connectivity index is 2.37. The van der Waals surface area contributed by atoms with Crippen molar-refractivity contribution in [2.75, 3.05) is 6.61 Å². The Morgan fingerprint density at radius 1 is 1.38 bits per heavy atom. The van der Waals surface area contributed by atoms with E-state index in [1.54, 1.807) is 0 Å². The zero-order chi connectivity index (χ0) is 15.8. The summed E-state index contributed by atoms with van der Waals surface area (Å²) in [4.78, 5) is 26.9. The van der Waals surface area contributed by atoms with Crippen LogP contribution in [-0.4, -0.2) is 34.8 Å². The summed E-state index contributed by atoms with van der Waals surface area (Å²) in [6.07, 6.45) is 0.150. The Morgan fingerprint density at radius 3 is 2.67 bits per heavy atom. The van der Waals surface area contributed by atoms with Crippen molar-refractivity contribution in [3.63, 3.8) is 0 Å². The highest BCUT2D eigenvalue weighted by atomic mass is 16.5. The second kappa shape index (κ2) is 8.24. The maximum atomic E-state index is 11.6. The SMILES string of the molecule is Cc1cccc(CCOC(=O)N[C@@H](CC(C)C)C(=O)O)n1. The van der Waals surface area contributed by atoms with E-state index in [0.717, 1.165) is 11.4 Å². The monoisotopic (exact) mass is 294 g/mol. The number of aliphatic carboxylic acids is 1. The maximum absolute atomic E-state index is 11.6. The number of nitrogens with one attached hydrogen (secondary N) is 1. The number of hydrogen-bond acceptors (Lipinski definition) is 4. The van der Waals surface area contributed by atoms with E-state index in [2.05, 4.69) is 10.3 Å². The zero-order valence-corrected chi connectivity index (χ0v) is 12.6. The fourth-order valence-corrected chi connectivity index (χ4v) is 1.86. The third-order valence-electron chi connectivity index (χ3n) is 2.83. The molecule has 1 atom stereocenters. The molecule has 0 aliphatic heterocycles. The molecule has 2 N–H and O–H groups in total. The fraction of sp³-hybridized carbons (Fsp3) is 0.533. The van der Waals surface area contributed by atoms with Gasteiger partial charge in [0, 0.05) is 17.8 Å². The summed E-state index contributed by atoms with van der Waals surface area (Å²) in [5, 5.41) is 11.4. The van der Waals surface area contributed by atoms with Gasteiger partial charge < -0.3 is 15.2 Å². The number of rotatable bonds is 7. The van der Waals surface area contributed by atoms with E-state index in [-0.39, 0.29) is 12.5 Å². The van der Waals surface area contributed by atoms with Crippen LogP contribution in [0, 0.1) is 12.8 Å². The van der Waals surface area contributed by atoms with Gasteiger partial charge in [-0.3, -0.25) is 4.98 Å². The Hall–Kier alpha value is -2.11. The van der Waals surface area contributed by atoms with Gasteiger partial charge in [0.25, 0.3) is 0 Å². The van der Waals surface area contributed by atoms with Crippen LogP contribution in [0.4, 0.5) is 4.79 Å². The molecule has 1 heterocycles. The molecule has 1 aromatic rings. The number of amides is 1. The average molecular weight is 294 g/mol.